The van der Waals surface area contributed by atoms with Crippen LogP contribution in [0.15, 0.2) is 59.8 Å². The molecule has 2 aliphatic rings. The number of carbonyl (C=O) groups is 1. The van der Waals surface area contributed by atoms with E-state index in [1.54, 1.807) is 0 Å². The first-order valence-corrected chi connectivity index (χ1v) is 12.2. The minimum atomic E-state index is 0.0855. The van der Waals surface area contributed by atoms with Crippen LogP contribution in [-0.4, -0.2) is 32.5 Å². The minimum absolute atomic E-state index is 0.0855. The summed E-state index contributed by atoms with van der Waals surface area (Å²) in [6.45, 7) is 0.616. The lowest BCUT2D eigenvalue weighted by Gasteiger charge is -2.17. The third kappa shape index (κ3) is 4.96. The van der Waals surface area contributed by atoms with Crippen molar-refractivity contribution in [2.45, 2.75) is 43.4 Å². The maximum absolute atomic E-state index is 12.7. The fraction of sp³-hybridized carbons (Fsp3) is 0.375. The van der Waals surface area contributed by atoms with E-state index in [4.69, 9.17) is 11.6 Å². The first kappa shape index (κ1) is 20.6. The molecule has 0 unspecified atom stereocenters. The highest BCUT2D eigenvalue weighted by atomic mass is 35.5. The monoisotopic (exact) mass is 452 g/mol. The van der Waals surface area contributed by atoms with Crippen molar-refractivity contribution < 1.29 is 4.79 Å². The second-order valence-electron chi connectivity index (χ2n) is 8.41. The molecule has 31 heavy (non-hydrogen) atoms. The van der Waals surface area contributed by atoms with Crippen molar-refractivity contribution in [1.29, 1.82) is 0 Å². The highest BCUT2D eigenvalue weighted by Gasteiger charge is 2.42. The van der Waals surface area contributed by atoms with Gasteiger partial charge in [-0.05, 0) is 55.2 Å². The van der Waals surface area contributed by atoms with Gasteiger partial charge >= 0.3 is 0 Å². The Kier molecular flexibility index (Phi) is 6.01. The molecule has 160 valence electrons. The number of hydrogen-bond donors (Lipinski definition) is 1. The number of thioether (sulfide) groups is 1. The van der Waals surface area contributed by atoms with Crippen LogP contribution in [0.1, 0.15) is 31.2 Å². The molecule has 0 atom stereocenters. The normalized spacial score (nSPS) is 15.9. The van der Waals surface area contributed by atoms with Crippen molar-refractivity contribution in [3.63, 3.8) is 0 Å². The van der Waals surface area contributed by atoms with E-state index in [1.165, 1.54) is 37.4 Å². The molecule has 5 nitrogen and oxygen atoms in total. The second kappa shape index (κ2) is 9.05. The van der Waals surface area contributed by atoms with Crippen LogP contribution < -0.4 is 5.32 Å². The van der Waals surface area contributed by atoms with Crippen molar-refractivity contribution in [3.05, 3.63) is 65.2 Å². The fourth-order valence-electron chi connectivity index (χ4n) is 4.03. The van der Waals surface area contributed by atoms with Gasteiger partial charge in [0.1, 0.15) is 0 Å². The van der Waals surface area contributed by atoms with Crippen molar-refractivity contribution in [1.82, 2.24) is 20.1 Å². The van der Waals surface area contributed by atoms with Gasteiger partial charge in [-0.3, -0.25) is 9.36 Å². The highest BCUT2D eigenvalue weighted by Crippen LogP contribution is 2.44. The van der Waals surface area contributed by atoms with E-state index in [1.807, 2.05) is 47.0 Å². The van der Waals surface area contributed by atoms with Crippen LogP contribution in [0.4, 0.5) is 0 Å². The van der Waals surface area contributed by atoms with Crippen molar-refractivity contribution in [2.24, 2.45) is 11.8 Å². The van der Waals surface area contributed by atoms with Crippen molar-refractivity contribution >= 4 is 29.3 Å². The molecule has 3 aromatic rings. The van der Waals surface area contributed by atoms with Gasteiger partial charge in [-0.15, -0.1) is 10.2 Å². The molecule has 2 fully saturated rings. The molecule has 1 aromatic heterocycles. The van der Waals surface area contributed by atoms with E-state index < -0.39 is 0 Å². The molecular formula is C24H25ClN4OS. The number of carbonyl (C=O) groups excluding carboxylic acids is 1. The topological polar surface area (TPSA) is 59.8 Å². The van der Waals surface area contributed by atoms with E-state index in [-0.39, 0.29) is 5.91 Å². The van der Waals surface area contributed by atoms with Crippen LogP contribution in [0.2, 0.25) is 5.02 Å². The van der Waals surface area contributed by atoms with Crippen LogP contribution in [-0.2, 0) is 11.3 Å². The molecule has 0 bridgehead atoms. The zero-order chi connectivity index (χ0) is 21.2. The number of halogens is 1. The largest absolute Gasteiger partial charge is 0.352 e. The summed E-state index contributed by atoms with van der Waals surface area (Å²) in [5, 5.41) is 13.5. The predicted molar refractivity (Wildman–Crippen MR) is 124 cm³/mol. The van der Waals surface area contributed by atoms with Crippen molar-refractivity contribution in [2.75, 3.05) is 5.75 Å². The van der Waals surface area contributed by atoms with E-state index in [2.05, 4.69) is 27.6 Å². The summed E-state index contributed by atoms with van der Waals surface area (Å²) >= 11 is 7.88. The number of nitrogens with one attached hydrogen (secondary N) is 1. The molecule has 0 radical (unpaired) electrons. The summed E-state index contributed by atoms with van der Waals surface area (Å²) < 4.78 is 2.05. The summed E-state index contributed by atoms with van der Waals surface area (Å²) in [6, 6.07) is 18.2. The van der Waals surface area contributed by atoms with E-state index in [9.17, 15) is 4.79 Å². The van der Waals surface area contributed by atoms with E-state index >= 15 is 0 Å². The average molecular weight is 453 g/mol. The Morgan fingerprint density at radius 2 is 1.71 bits per heavy atom. The average Bonchev–Trinajstić information content (AvgIpc) is 3.71. The highest BCUT2D eigenvalue weighted by molar-refractivity contribution is 7.99. The van der Waals surface area contributed by atoms with Gasteiger partial charge in [0.25, 0.3) is 0 Å². The molecule has 1 N–H and O–H groups in total. The zero-order valence-corrected chi connectivity index (χ0v) is 18.8. The fourth-order valence-corrected chi connectivity index (χ4v) is 5.00. The van der Waals surface area contributed by atoms with Crippen LogP contribution in [0.3, 0.4) is 0 Å². The van der Waals surface area contributed by atoms with Gasteiger partial charge in [0, 0.05) is 11.6 Å². The lowest BCUT2D eigenvalue weighted by atomic mass is 10.1. The maximum Gasteiger partial charge on any atom is 0.230 e. The third-order valence-electron chi connectivity index (χ3n) is 5.93. The summed E-state index contributed by atoms with van der Waals surface area (Å²) in [5.41, 5.74) is 1.98. The Morgan fingerprint density at radius 3 is 2.39 bits per heavy atom. The molecule has 2 aliphatic carbocycles. The molecule has 7 heteroatoms. The number of benzene rings is 2. The molecule has 5 rings (SSSR count). The second-order valence-corrected chi connectivity index (χ2v) is 9.76. The Labute approximate surface area is 191 Å². The van der Waals surface area contributed by atoms with Crippen LogP contribution >= 0.6 is 23.4 Å². The van der Waals surface area contributed by atoms with Crippen molar-refractivity contribution in [3.8, 4) is 11.4 Å². The SMILES string of the molecule is O=C(CSc1nnc(-c2ccccc2Cl)n1Cc1ccccc1)NC(C1CC1)C1CC1. The summed E-state index contributed by atoms with van der Waals surface area (Å²) in [7, 11) is 0. The lowest BCUT2D eigenvalue weighted by molar-refractivity contribution is -0.119. The molecule has 0 saturated heterocycles. The van der Waals surface area contributed by atoms with E-state index in [0.717, 1.165) is 16.3 Å². The molecule has 1 heterocycles. The number of nitrogens with zero attached hydrogens (tertiary/aromatic N) is 3. The smallest absolute Gasteiger partial charge is 0.230 e. The summed E-state index contributed by atoms with van der Waals surface area (Å²) in [5.74, 6) is 2.52. The van der Waals surface area contributed by atoms with Crippen LogP contribution in [0.25, 0.3) is 11.4 Å². The van der Waals surface area contributed by atoms with Crippen LogP contribution in [0.5, 0.6) is 0 Å². The molecule has 0 aliphatic heterocycles. The molecule has 2 aromatic carbocycles. The van der Waals surface area contributed by atoms with Gasteiger partial charge < -0.3 is 5.32 Å². The number of rotatable bonds is 9. The lowest BCUT2D eigenvalue weighted by Crippen LogP contribution is -2.39. The summed E-state index contributed by atoms with van der Waals surface area (Å²) in [6.07, 6.45) is 5.00. The van der Waals surface area contributed by atoms with Gasteiger partial charge in [-0.1, -0.05) is 65.8 Å². The summed E-state index contributed by atoms with van der Waals surface area (Å²) in [4.78, 5) is 12.7. The zero-order valence-electron chi connectivity index (χ0n) is 17.2. The minimum Gasteiger partial charge on any atom is -0.352 e. The Hall–Kier alpha value is -2.31. The van der Waals surface area contributed by atoms with E-state index in [0.29, 0.717) is 41.0 Å². The Balaban J connectivity index is 1.35. The van der Waals surface area contributed by atoms with Crippen LogP contribution in [0, 0.1) is 11.8 Å². The maximum atomic E-state index is 12.7. The number of aromatic nitrogens is 3. The molecule has 1 amide bonds. The Morgan fingerprint density at radius 1 is 1.03 bits per heavy atom. The first-order valence-electron chi connectivity index (χ1n) is 10.8. The van der Waals surface area contributed by atoms with Gasteiger partial charge in [-0.2, -0.15) is 0 Å². The third-order valence-corrected chi connectivity index (χ3v) is 7.23. The van der Waals surface area contributed by atoms with Gasteiger partial charge in [0.2, 0.25) is 5.91 Å². The standard InChI is InChI=1S/C24H25ClN4OS/c25-20-9-5-4-8-19(20)23-27-28-24(29(23)14-16-6-2-1-3-7-16)31-15-21(30)26-22(17-10-11-17)18-12-13-18/h1-9,17-18,22H,10-15H2,(H,26,30). The quantitative estimate of drug-likeness (QED) is 0.462. The van der Waals surface area contributed by atoms with Gasteiger partial charge in [0.15, 0.2) is 11.0 Å². The first-order chi connectivity index (χ1) is 15.2. The predicted octanol–water partition coefficient (Wildman–Crippen LogP) is 5.04. The number of amides is 1. The van der Waals surface area contributed by atoms with Gasteiger partial charge in [-0.25, -0.2) is 0 Å². The Bertz CT molecular complexity index is 1050. The molecule has 0 spiro atoms. The van der Waals surface area contributed by atoms with Gasteiger partial charge in [0.05, 0.1) is 17.3 Å². The molecule has 2 saturated carbocycles. The number of hydrogen-bond acceptors (Lipinski definition) is 4. The molecular weight excluding hydrogens is 428 g/mol.